The number of hydrogen-bond acceptors (Lipinski definition) is 4. The molecule has 2 aliphatic heterocycles. The third-order valence-electron chi connectivity index (χ3n) is 5.75. The molecule has 1 amide bonds. The first kappa shape index (κ1) is 20.1. The molecule has 150 valence electrons. The summed E-state index contributed by atoms with van der Waals surface area (Å²) in [6, 6.07) is 7.24. The molecule has 2 aliphatic rings. The van der Waals surface area contributed by atoms with E-state index in [4.69, 9.17) is 0 Å². The minimum absolute atomic E-state index is 0.150. The molecular weight excluding hydrogens is 362 g/mol. The molecule has 0 aromatic heterocycles. The largest absolute Gasteiger partial charge is 0.350 e. The topological polar surface area (TPSA) is 69.7 Å². The van der Waals surface area contributed by atoms with E-state index in [-0.39, 0.29) is 11.7 Å². The van der Waals surface area contributed by atoms with Gasteiger partial charge in [0.15, 0.2) is 0 Å². The molecule has 7 heteroatoms. The summed E-state index contributed by atoms with van der Waals surface area (Å²) in [7, 11) is -3.27. The smallest absolute Gasteiger partial charge is 0.251 e. The summed E-state index contributed by atoms with van der Waals surface area (Å²) in [5.74, 6) is 0.815. The quantitative estimate of drug-likeness (QED) is 0.834. The van der Waals surface area contributed by atoms with E-state index in [9.17, 15) is 13.2 Å². The zero-order valence-corrected chi connectivity index (χ0v) is 17.2. The van der Waals surface area contributed by atoms with Crippen LogP contribution in [0, 0.1) is 5.92 Å². The Labute approximate surface area is 163 Å². The second-order valence-electron chi connectivity index (χ2n) is 7.92. The predicted molar refractivity (Wildman–Crippen MR) is 109 cm³/mol. The molecule has 6 nitrogen and oxygen atoms in total. The van der Waals surface area contributed by atoms with Crippen LogP contribution in [0.4, 0.5) is 5.69 Å². The summed E-state index contributed by atoms with van der Waals surface area (Å²) in [6.07, 6.45) is 3.98. The van der Waals surface area contributed by atoms with Crippen LogP contribution in [0.5, 0.6) is 0 Å². The number of nitrogens with one attached hydrogen (secondary N) is 1. The first-order valence-corrected chi connectivity index (χ1v) is 11.6. The molecule has 1 aromatic rings. The number of benzene rings is 1. The Morgan fingerprint density at radius 3 is 2.67 bits per heavy atom. The number of amides is 1. The summed E-state index contributed by atoms with van der Waals surface area (Å²) < 4.78 is 26.0. The van der Waals surface area contributed by atoms with E-state index in [1.54, 1.807) is 24.3 Å². The van der Waals surface area contributed by atoms with Gasteiger partial charge in [0.2, 0.25) is 10.0 Å². The van der Waals surface area contributed by atoms with Gasteiger partial charge in [-0.05, 0) is 69.8 Å². The second-order valence-corrected chi connectivity index (χ2v) is 9.94. The van der Waals surface area contributed by atoms with Gasteiger partial charge in [0, 0.05) is 24.7 Å². The van der Waals surface area contributed by atoms with Crippen LogP contribution < -0.4 is 9.62 Å². The van der Waals surface area contributed by atoms with Crippen molar-refractivity contribution in [2.24, 2.45) is 5.92 Å². The van der Waals surface area contributed by atoms with E-state index >= 15 is 0 Å². The van der Waals surface area contributed by atoms with Gasteiger partial charge in [0.05, 0.1) is 11.4 Å². The molecule has 2 heterocycles. The Hall–Kier alpha value is -1.60. The third kappa shape index (κ3) is 5.02. The number of carbonyl (C=O) groups is 1. The highest BCUT2D eigenvalue weighted by molar-refractivity contribution is 7.92. The normalized spacial score (nSPS) is 22.4. The van der Waals surface area contributed by atoms with Gasteiger partial charge in [-0.2, -0.15) is 0 Å². The Morgan fingerprint density at radius 1 is 1.22 bits per heavy atom. The summed E-state index contributed by atoms with van der Waals surface area (Å²) >= 11 is 0. The van der Waals surface area contributed by atoms with Crippen molar-refractivity contribution in [3.05, 3.63) is 29.8 Å². The van der Waals surface area contributed by atoms with Crippen LogP contribution in [0.15, 0.2) is 24.3 Å². The van der Waals surface area contributed by atoms with Crippen LogP contribution in [-0.4, -0.2) is 57.2 Å². The lowest BCUT2D eigenvalue weighted by Gasteiger charge is -2.35. The van der Waals surface area contributed by atoms with Crippen LogP contribution in [0.2, 0.25) is 0 Å². The standard InChI is InChI=1S/C20H31N3O3S/c1-16-8-11-22(12-9-16)17(2)15-21-20(24)18-6-5-7-19(14-18)23-10-3-4-13-27(23,25)26/h5-7,14,16-17H,3-4,8-13,15H2,1-2H3,(H,21,24). The number of rotatable bonds is 5. The summed E-state index contributed by atoms with van der Waals surface area (Å²) in [4.78, 5) is 15.0. The fraction of sp³-hybridized carbons (Fsp3) is 0.650. The maximum atomic E-state index is 12.6. The lowest BCUT2D eigenvalue weighted by atomic mass is 9.98. The van der Waals surface area contributed by atoms with Gasteiger partial charge in [0.25, 0.3) is 5.91 Å². The van der Waals surface area contributed by atoms with Gasteiger partial charge in [-0.1, -0.05) is 13.0 Å². The van der Waals surface area contributed by atoms with Crippen molar-refractivity contribution in [3.63, 3.8) is 0 Å². The SMILES string of the molecule is CC1CCN(C(C)CNC(=O)c2cccc(N3CCCCS3(=O)=O)c2)CC1. The van der Waals surface area contributed by atoms with Crippen LogP contribution in [0.1, 0.15) is 49.9 Å². The Balaban J connectivity index is 1.60. The average Bonchev–Trinajstić information content (AvgIpc) is 2.66. The number of nitrogens with zero attached hydrogens (tertiary/aromatic N) is 2. The van der Waals surface area contributed by atoms with E-state index in [0.29, 0.717) is 36.8 Å². The molecule has 0 spiro atoms. The van der Waals surface area contributed by atoms with Crippen LogP contribution >= 0.6 is 0 Å². The summed E-state index contributed by atoms with van der Waals surface area (Å²) in [5.41, 5.74) is 1.09. The van der Waals surface area contributed by atoms with E-state index in [0.717, 1.165) is 25.4 Å². The van der Waals surface area contributed by atoms with Gasteiger partial charge in [-0.25, -0.2) is 8.42 Å². The highest BCUT2D eigenvalue weighted by Gasteiger charge is 2.26. The van der Waals surface area contributed by atoms with Crippen molar-refractivity contribution in [2.75, 3.05) is 36.2 Å². The highest BCUT2D eigenvalue weighted by Crippen LogP contribution is 2.24. The molecule has 0 bridgehead atoms. The predicted octanol–water partition coefficient (Wildman–Crippen LogP) is 2.47. The van der Waals surface area contributed by atoms with Crippen molar-refractivity contribution in [1.82, 2.24) is 10.2 Å². The molecule has 2 fully saturated rings. The van der Waals surface area contributed by atoms with Gasteiger partial charge in [0.1, 0.15) is 0 Å². The zero-order valence-electron chi connectivity index (χ0n) is 16.4. The molecule has 1 atom stereocenters. The molecule has 1 aromatic carbocycles. The van der Waals surface area contributed by atoms with Crippen molar-refractivity contribution in [2.45, 2.75) is 45.6 Å². The Bertz CT molecular complexity index is 757. The van der Waals surface area contributed by atoms with E-state index in [1.807, 2.05) is 0 Å². The molecule has 2 saturated heterocycles. The van der Waals surface area contributed by atoms with Crippen LogP contribution in [0.25, 0.3) is 0 Å². The number of piperidine rings is 1. The molecule has 0 saturated carbocycles. The van der Waals surface area contributed by atoms with Gasteiger partial charge in [-0.15, -0.1) is 0 Å². The first-order valence-electron chi connectivity index (χ1n) is 9.99. The molecule has 1 unspecified atom stereocenters. The number of likely N-dealkylation sites (tertiary alicyclic amines) is 1. The molecule has 27 heavy (non-hydrogen) atoms. The van der Waals surface area contributed by atoms with E-state index in [1.165, 1.54) is 17.1 Å². The number of hydrogen-bond donors (Lipinski definition) is 1. The van der Waals surface area contributed by atoms with E-state index in [2.05, 4.69) is 24.1 Å². The molecule has 0 aliphatic carbocycles. The number of sulfonamides is 1. The van der Waals surface area contributed by atoms with Crippen molar-refractivity contribution in [3.8, 4) is 0 Å². The average molecular weight is 394 g/mol. The maximum Gasteiger partial charge on any atom is 0.251 e. The maximum absolute atomic E-state index is 12.6. The molecule has 0 radical (unpaired) electrons. The number of carbonyl (C=O) groups excluding carboxylic acids is 1. The molecule has 3 rings (SSSR count). The molecule has 1 N–H and O–H groups in total. The minimum Gasteiger partial charge on any atom is -0.350 e. The van der Waals surface area contributed by atoms with E-state index < -0.39 is 10.0 Å². The first-order chi connectivity index (χ1) is 12.9. The Kier molecular flexibility index (Phi) is 6.42. The third-order valence-corrected chi connectivity index (χ3v) is 7.61. The highest BCUT2D eigenvalue weighted by atomic mass is 32.2. The lowest BCUT2D eigenvalue weighted by Crippen LogP contribution is -2.45. The summed E-state index contributed by atoms with van der Waals surface area (Å²) in [5, 5.41) is 3.01. The van der Waals surface area contributed by atoms with Crippen molar-refractivity contribution in [1.29, 1.82) is 0 Å². The lowest BCUT2D eigenvalue weighted by molar-refractivity contribution is 0.0921. The Morgan fingerprint density at radius 2 is 1.96 bits per heavy atom. The minimum atomic E-state index is -3.27. The van der Waals surface area contributed by atoms with Crippen molar-refractivity contribution >= 4 is 21.6 Å². The monoisotopic (exact) mass is 393 g/mol. The van der Waals surface area contributed by atoms with Crippen molar-refractivity contribution < 1.29 is 13.2 Å². The fourth-order valence-electron chi connectivity index (χ4n) is 3.82. The van der Waals surface area contributed by atoms with Gasteiger partial charge < -0.3 is 5.32 Å². The second kappa shape index (κ2) is 8.61. The zero-order chi connectivity index (χ0) is 19.4. The van der Waals surface area contributed by atoms with Gasteiger partial charge >= 0.3 is 0 Å². The van der Waals surface area contributed by atoms with Gasteiger partial charge in [-0.3, -0.25) is 14.0 Å². The number of anilines is 1. The molecular formula is C20H31N3O3S. The van der Waals surface area contributed by atoms with Crippen LogP contribution in [-0.2, 0) is 10.0 Å². The van der Waals surface area contributed by atoms with Crippen LogP contribution in [0.3, 0.4) is 0 Å². The summed E-state index contributed by atoms with van der Waals surface area (Å²) in [6.45, 7) is 7.69. The fourth-order valence-corrected chi connectivity index (χ4v) is 5.45.